The van der Waals surface area contributed by atoms with E-state index < -0.39 is 0 Å². The number of aliphatic hydroxyl groups excluding tert-OH is 1. The number of aliphatic hydroxyl groups is 1. The number of likely N-dealkylation sites (tertiary alicyclic amines) is 1. The van der Waals surface area contributed by atoms with Gasteiger partial charge in [-0.2, -0.15) is 0 Å². The molecule has 0 aromatic carbocycles. The highest BCUT2D eigenvalue weighted by Crippen LogP contribution is 2.27. The fraction of sp³-hybridized carbons (Fsp3) is 0.571. The minimum absolute atomic E-state index is 0.256. The van der Waals surface area contributed by atoms with Crippen LogP contribution in [-0.4, -0.2) is 35.7 Å². The second-order valence-electron chi connectivity index (χ2n) is 4.76. The summed E-state index contributed by atoms with van der Waals surface area (Å²) in [6.07, 6.45) is 1.18. The Morgan fingerprint density at radius 1 is 1.56 bits per heavy atom. The molecule has 1 aromatic rings. The predicted octanol–water partition coefficient (Wildman–Crippen LogP) is 1.26. The topological polar surface area (TPSA) is 49.5 Å². The fourth-order valence-corrected chi connectivity index (χ4v) is 3.36. The van der Waals surface area contributed by atoms with Gasteiger partial charge in [0.15, 0.2) is 0 Å². The summed E-state index contributed by atoms with van der Waals surface area (Å²) in [5, 5.41) is 9.43. The van der Waals surface area contributed by atoms with E-state index in [1.807, 2.05) is 0 Å². The fourth-order valence-electron chi connectivity index (χ4n) is 2.45. The second kappa shape index (κ2) is 6.35. The lowest BCUT2D eigenvalue weighted by molar-refractivity contribution is 0.135. The van der Waals surface area contributed by atoms with E-state index in [1.54, 1.807) is 11.3 Å². The van der Waals surface area contributed by atoms with Crippen LogP contribution in [0.3, 0.4) is 0 Å². The summed E-state index contributed by atoms with van der Waals surface area (Å²) in [4.78, 5) is 4.75. The van der Waals surface area contributed by atoms with Gasteiger partial charge in [0.25, 0.3) is 0 Å². The molecule has 2 rings (SSSR count). The third-order valence-electron chi connectivity index (χ3n) is 3.52. The molecule has 3 N–H and O–H groups in total. The first-order valence-electron chi connectivity index (χ1n) is 6.37. The maximum Gasteiger partial charge on any atom is 0.0772 e. The van der Waals surface area contributed by atoms with Gasteiger partial charge in [-0.15, -0.1) is 11.3 Å². The van der Waals surface area contributed by atoms with Crippen molar-refractivity contribution in [3.63, 3.8) is 0 Å². The van der Waals surface area contributed by atoms with E-state index in [0.29, 0.717) is 18.5 Å². The Morgan fingerprint density at radius 2 is 2.39 bits per heavy atom. The maximum atomic E-state index is 9.43. The Kier molecular flexibility index (Phi) is 4.79. The lowest BCUT2D eigenvalue weighted by Crippen LogP contribution is -2.34. The van der Waals surface area contributed by atoms with Gasteiger partial charge >= 0.3 is 0 Å². The first-order chi connectivity index (χ1) is 8.74. The van der Waals surface area contributed by atoms with Crippen LogP contribution in [0.4, 0.5) is 0 Å². The normalized spacial score (nSPS) is 23.9. The van der Waals surface area contributed by atoms with Crippen molar-refractivity contribution in [2.45, 2.75) is 25.9 Å². The van der Waals surface area contributed by atoms with Gasteiger partial charge in [-0.05, 0) is 31.0 Å². The van der Waals surface area contributed by atoms with Crippen molar-refractivity contribution in [2.24, 2.45) is 11.7 Å². The first kappa shape index (κ1) is 13.6. The lowest BCUT2D eigenvalue weighted by atomic mass is 10.0. The average molecular weight is 264 g/mol. The summed E-state index contributed by atoms with van der Waals surface area (Å²) in [7, 11) is 0. The standard InChI is InChI=1S/C14H20N2OS/c1-11-6-8-16(14(11)10-17)9-13-5-4-12(18-13)3-2-7-15/h4-5,11,14,17H,6-10,15H2,1H3. The minimum atomic E-state index is 0.256. The molecule has 98 valence electrons. The summed E-state index contributed by atoms with van der Waals surface area (Å²) in [5.41, 5.74) is 5.36. The van der Waals surface area contributed by atoms with E-state index in [2.05, 4.69) is 35.8 Å². The number of hydrogen-bond acceptors (Lipinski definition) is 4. The molecular weight excluding hydrogens is 244 g/mol. The molecule has 0 spiro atoms. The van der Waals surface area contributed by atoms with Crippen molar-refractivity contribution < 1.29 is 5.11 Å². The Hall–Kier alpha value is -0.860. The van der Waals surface area contributed by atoms with Crippen LogP contribution in [0.5, 0.6) is 0 Å². The smallest absolute Gasteiger partial charge is 0.0772 e. The highest BCUT2D eigenvalue weighted by molar-refractivity contribution is 7.12. The van der Waals surface area contributed by atoms with Gasteiger partial charge in [-0.1, -0.05) is 18.8 Å². The first-order valence-corrected chi connectivity index (χ1v) is 7.18. The van der Waals surface area contributed by atoms with Gasteiger partial charge in [-0.3, -0.25) is 4.90 Å². The van der Waals surface area contributed by atoms with Crippen LogP contribution in [-0.2, 0) is 6.54 Å². The number of hydrogen-bond donors (Lipinski definition) is 2. The highest BCUT2D eigenvalue weighted by Gasteiger charge is 2.30. The Labute approximate surface area is 113 Å². The van der Waals surface area contributed by atoms with Crippen molar-refractivity contribution in [2.75, 3.05) is 19.7 Å². The minimum Gasteiger partial charge on any atom is -0.395 e. The zero-order chi connectivity index (χ0) is 13.0. The molecule has 3 nitrogen and oxygen atoms in total. The van der Waals surface area contributed by atoms with E-state index in [-0.39, 0.29) is 6.61 Å². The Balaban J connectivity index is 1.99. The van der Waals surface area contributed by atoms with E-state index in [1.165, 1.54) is 11.3 Å². The molecule has 18 heavy (non-hydrogen) atoms. The third kappa shape index (κ3) is 3.12. The maximum absolute atomic E-state index is 9.43. The number of nitrogens with two attached hydrogens (primary N) is 1. The Bertz CT molecular complexity index is 446. The summed E-state index contributed by atoms with van der Waals surface area (Å²) < 4.78 is 0. The summed E-state index contributed by atoms with van der Waals surface area (Å²) in [5.74, 6) is 6.52. The Morgan fingerprint density at radius 3 is 3.11 bits per heavy atom. The molecule has 1 aliphatic rings. The van der Waals surface area contributed by atoms with E-state index in [0.717, 1.165) is 18.0 Å². The average Bonchev–Trinajstić information content (AvgIpc) is 2.95. The molecule has 2 atom stereocenters. The highest BCUT2D eigenvalue weighted by atomic mass is 32.1. The van der Waals surface area contributed by atoms with Crippen molar-refractivity contribution in [1.82, 2.24) is 4.90 Å². The number of rotatable bonds is 3. The number of nitrogens with zero attached hydrogens (tertiary/aromatic N) is 1. The van der Waals surface area contributed by atoms with E-state index in [4.69, 9.17) is 5.73 Å². The summed E-state index contributed by atoms with van der Waals surface area (Å²) in [6, 6.07) is 4.49. The SMILES string of the molecule is CC1CCN(Cc2ccc(C#CCN)s2)C1CO. The molecule has 2 unspecified atom stereocenters. The van der Waals surface area contributed by atoms with Gasteiger partial charge < -0.3 is 10.8 Å². The van der Waals surface area contributed by atoms with Gasteiger partial charge in [-0.25, -0.2) is 0 Å². The largest absolute Gasteiger partial charge is 0.395 e. The van der Waals surface area contributed by atoms with Crippen molar-refractivity contribution in [3.05, 3.63) is 21.9 Å². The molecule has 0 amide bonds. The van der Waals surface area contributed by atoms with Gasteiger partial charge in [0.05, 0.1) is 18.0 Å². The van der Waals surface area contributed by atoms with Gasteiger partial charge in [0, 0.05) is 17.5 Å². The van der Waals surface area contributed by atoms with Crippen molar-refractivity contribution in [3.8, 4) is 11.8 Å². The molecule has 0 bridgehead atoms. The van der Waals surface area contributed by atoms with Crippen LogP contribution >= 0.6 is 11.3 Å². The second-order valence-corrected chi connectivity index (χ2v) is 5.93. The van der Waals surface area contributed by atoms with E-state index >= 15 is 0 Å². The molecule has 1 aliphatic heterocycles. The van der Waals surface area contributed by atoms with Crippen LogP contribution in [0.25, 0.3) is 0 Å². The molecule has 1 fully saturated rings. The van der Waals surface area contributed by atoms with Crippen LogP contribution in [0.1, 0.15) is 23.1 Å². The molecule has 2 heterocycles. The van der Waals surface area contributed by atoms with Crippen LogP contribution in [0, 0.1) is 17.8 Å². The van der Waals surface area contributed by atoms with Crippen molar-refractivity contribution >= 4 is 11.3 Å². The molecule has 1 saturated heterocycles. The molecule has 1 aromatic heterocycles. The number of thiophene rings is 1. The molecule has 0 saturated carbocycles. The molecule has 0 radical (unpaired) electrons. The third-order valence-corrected chi connectivity index (χ3v) is 4.50. The molecule has 4 heteroatoms. The van der Waals surface area contributed by atoms with Crippen LogP contribution in [0.15, 0.2) is 12.1 Å². The quantitative estimate of drug-likeness (QED) is 0.808. The van der Waals surface area contributed by atoms with Crippen LogP contribution < -0.4 is 5.73 Å². The van der Waals surface area contributed by atoms with Gasteiger partial charge in [0.1, 0.15) is 0 Å². The van der Waals surface area contributed by atoms with Crippen LogP contribution in [0.2, 0.25) is 0 Å². The molecular formula is C14H20N2OS. The monoisotopic (exact) mass is 264 g/mol. The zero-order valence-electron chi connectivity index (χ0n) is 10.7. The predicted molar refractivity (Wildman–Crippen MR) is 75.3 cm³/mol. The zero-order valence-corrected chi connectivity index (χ0v) is 11.5. The van der Waals surface area contributed by atoms with Gasteiger partial charge in [0.2, 0.25) is 0 Å². The summed E-state index contributed by atoms with van der Waals surface area (Å²) in [6.45, 7) is 4.88. The summed E-state index contributed by atoms with van der Waals surface area (Å²) >= 11 is 1.72. The lowest BCUT2D eigenvalue weighted by Gasteiger charge is -2.24. The van der Waals surface area contributed by atoms with Crippen molar-refractivity contribution in [1.29, 1.82) is 0 Å². The molecule has 0 aliphatic carbocycles. The van der Waals surface area contributed by atoms with E-state index in [9.17, 15) is 5.11 Å².